The van der Waals surface area contributed by atoms with E-state index in [0.717, 1.165) is 12.5 Å². The number of thioether (sulfide) groups is 1. The van der Waals surface area contributed by atoms with Crippen LogP contribution in [0.3, 0.4) is 0 Å². The predicted octanol–water partition coefficient (Wildman–Crippen LogP) is 1.28. The number of hydrogen-bond donors (Lipinski definition) is 1. The van der Waals surface area contributed by atoms with Gasteiger partial charge in [0.1, 0.15) is 6.61 Å². The summed E-state index contributed by atoms with van der Waals surface area (Å²) < 4.78 is 0. The average Bonchev–Trinajstić information content (AvgIpc) is 2.14. The molecule has 1 N–H and O–H groups in total. The fourth-order valence-electron chi connectivity index (χ4n) is 1.24. The van der Waals surface area contributed by atoms with Crippen LogP contribution in [0, 0.1) is 18.3 Å². The van der Waals surface area contributed by atoms with Gasteiger partial charge >= 0.3 is 0 Å². The number of terminal acetylenes is 1. The second-order valence-electron chi connectivity index (χ2n) is 2.92. The first-order chi connectivity index (χ1) is 5.93. The van der Waals surface area contributed by atoms with Gasteiger partial charge in [-0.1, -0.05) is 5.92 Å². The van der Waals surface area contributed by atoms with Crippen LogP contribution < -0.4 is 5.48 Å². The minimum atomic E-state index is 0.361. The summed E-state index contributed by atoms with van der Waals surface area (Å²) in [6.07, 6.45) is 7.69. The molecular weight excluding hydrogens is 170 g/mol. The zero-order valence-corrected chi connectivity index (χ0v) is 8.03. The largest absolute Gasteiger partial charge is 0.289 e. The van der Waals surface area contributed by atoms with E-state index in [1.807, 2.05) is 11.8 Å². The fraction of sp³-hybridized carbons (Fsp3) is 0.778. The first-order valence-corrected chi connectivity index (χ1v) is 5.45. The van der Waals surface area contributed by atoms with Crippen molar-refractivity contribution in [3.8, 4) is 12.3 Å². The normalized spacial score (nSPS) is 23.4. The number of rotatable bonds is 4. The van der Waals surface area contributed by atoms with Crippen molar-refractivity contribution in [3.05, 3.63) is 0 Å². The molecule has 0 radical (unpaired) electrons. The van der Waals surface area contributed by atoms with E-state index in [2.05, 4.69) is 11.4 Å². The standard InChI is InChI=1S/C9H15NOS/c1-2-5-11-10-7-9-4-3-6-12-8-9/h1,9-10H,3-8H2. The van der Waals surface area contributed by atoms with Gasteiger partial charge in [0.15, 0.2) is 0 Å². The van der Waals surface area contributed by atoms with Crippen LogP contribution in [0.4, 0.5) is 0 Å². The maximum absolute atomic E-state index is 5.03. The first kappa shape index (κ1) is 9.91. The Hall–Kier alpha value is -0.170. The van der Waals surface area contributed by atoms with Gasteiger partial charge in [0.05, 0.1) is 0 Å². The minimum absolute atomic E-state index is 0.361. The van der Waals surface area contributed by atoms with Crippen LogP contribution in [0.5, 0.6) is 0 Å². The zero-order chi connectivity index (χ0) is 8.65. The summed E-state index contributed by atoms with van der Waals surface area (Å²) in [7, 11) is 0. The Balaban J connectivity index is 1.95. The van der Waals surface area contributed by atoms with Gasteiger partial charge in [-0.25, -0.2) is 5.48 Å². The summed E-state index contributed by atoms with van der Waals surface area (Å²) in [5.74, 6) is 5.76. The molecule has 1 heterocycles. The van der Waals surface area contributed by atoms with Crippen LogP contribution in [-0.2, 0) is 4.84 Å². The molecule has 68 valence electrons. The Morgan fingerprint density at radius 3 is 3.25 bits per heavy atom. The molecule has 2 nitrogen and oxygen atoms in total. The SMILES string of the molecule is C#CCONCC1CCCSC1. The summed E-state index contributed by atoms with van der Waals surface area (Å²) in [6.45, 7) is 1.30. The lowest BCUT2D eigenvalue weighted by Crippen LogP contribution is -2.26. The Morgan fingerprint density at radius 1 is 1.67 bits per heavy atom. The van der Waals surface area contributed by atoms with Crippen LogP contribution in [-0.4, -0.2) is 24.7 Å². The Morgan fingerprint density at radius 2 is 2.58 bits per heavy atom. The van der Waals surface area contributed by atoms with Gasteiger partial charge in [-0.3, -0.25) is 4.84 Å². The van der Waals surface area contributed by atoms with Gasteiger partial charge < -0.3 is 0 Å². The smallest absolute Gasteiger partial charge is 0.128 e. The maximum atomic E-state index is 5.03. The maximum Gasteiger partial charge on any atom is 0.128 e. The summed E-state index contributed by atoms with van der Waals surface area (Å²) in [5, 5.41) is 0. The molecule has 0 saturated carbocycles. The van der Waals surface area contributed by atoms with Gasteiger partial charge in [-0.2, -0.15) is 11.8 Å². The van der Waals surface area contributed by atoms with E-state index >= 15 is 0 Å². The molecule has 1 aliphatic heterocycles. The molecule has 1 rings (SSSR count). The second kappa shape index (κ2) is 6.36. The molecule has 0 amide bonds. The molecular formula is C9H15NOS. The zero-order valence-electron chi connectivity index (χ0n) is 7.21. The number of hydroxylamine groups is 1. The molecule has 12 heavy (non-hydrogen) atoms. The molecule has 1 atom stereocenters. The van der Waals surface area contributed by atoms with Gasteiger partial charge in [0, 0.05) is 6.54 Å². The molecule has 0 spiro atoms. The second-order valence-corrected chi connectivity index (χ2v) is 4.07. The molecule has 0 aliphatic carbocycles. The molecule has 1 aliphatic rings. The molecule has 3 heteroatoms. The van der Waals surface area contributed by atoms with Crippen molar-refractivity contribution in [1.29, 1.82) is 0 Å². The van der Waals surface area contributed by atoms with Gasteiger partial charge in [-0.05, 0) is 30.3 Å². The summed E-state index contributed by atoms with van der Waals surface area (Å²) >= 11 is 2.03. The van der Waals surface area contributed by atoms with Crippen LogP contribution in [0.1, 0.15) is 12.8 Å². The lowest BCUT2D eigenvalue weighted by atomic mass is 10.1. The minimum Gasteiger partial charge on any atom is -0.289 e. The molecule has 1 unspecified atom stereocenters. The molecule has 0 aromatic carbocycles. The van der Waals surface area contributed by atoms with Crippen molar-refractivity contribution in [2.45, 2.75) is 12.8 Å². The lowest BCUT2D eigenvalue weighted by molar-refractivity contribution is 0.0569. The summed E-state index contributed by atoms with van der Waals surface area (Å²) in [6, 6.07) is 0. The topological polar surface area (TPSA) is 21.3 Å². The Kier molecular flexibility index (Phi) is 5.25. The molecule has 0 bridgehead atoms. The fourth-order valence-corrected chi connectivity index (χ4v) is 2.39. The van der Waals surface area contributed by atoms with E-state index in [-0.39, 0.29) is 0 Å². The quantitative estimate of drug-likeness (QED) is 0.405. The molecule has 0 aromatic heterocycles. The average molecular weight is 185 g/mol. The highest BCUT2D eigenvalue weighted by Gasteiger charge is 2.12. The van der Waals surface area contributed by atoms with Crippen molar-refractivity contribution in [3.63, 3.8) is 0 Å². The predicted molar refractivity (Wildman–Crippen MR) is 52.8 cm³/mol. The Labute approximate surface area is 78.4 Å². The lowest BCUT2D eigenvalue weighted by Gasteiger charge is -2.20. The summed E-state index contributed by atoms with van der Waals surface area (Å²) in [4.78, 5) is 4.99. The third-order valence-electron chi connectivity index (χ3n) is 1.88. The third kappa shape index (κ3) is 4.01. The van der Waals surface area contributed by atoms with E-state index in [1.54, 1.807) is 0 Å². The van der Waals surface area contributed by atoms with E-state index < -0.39 is 0 Å². The van der Waals surface area contributed by atoms with Crippen molar-refractivity contribution in [2.24, 2.45) is 5.92 Å². The van der Waals surface area contributed by atoms with Crippen LogP contribution >= 0.6 is 11.8 Å². The number of nitrogens with one attached hydrogen (secondary N) is 1. The van der Waals surface area contributed by atoms with Crippen LogP contribution in [0.15, 0.2) is 0 Å². The molecule has 1 fully saturated rings. The first-order valence-electron chi connectivity index (χ1n) is 4.29. The van der Waals surface area contributed by atoms with E-state index in [1.165, 1.54) is 24.3 Å². The van der Waals surface area contributed by atoms with Gasteiger partial charge in [0.25, 0.3) is 0 Å². The number of hydrogen-bond acceptors (Lipinski definition) is 3. The van der Waals surface area contributed by atoms with Crippen molar-refractivity contribution in [2.75, 3.05) is 24.7 Å². The monoisotopic (exact) mass is 185 g/mol. The van der Waals surface area contributed by atoms with Gasteiger partial charge in [0.2, 0.25) is 0 Å². The van der Waals surface area contributed by atoms with E-state index in [9.17, 15) is 0 Å². The molecule has 1 saturated heterocycles. The van der Waals surface area contributed by atoms with Gasteiger partial charge in [-0.15, -0.1) is 6.42 Å². The van der Waals surface area contributed by atoms with Crippen LogP contribution in [0.25, 0.3) is 0 Å². The highest BCUT2D eigenvalue weighted by molar-refractivity contribution is 7.99. The third-order valence-corrected chi connectivity index (χ3v) is 3.17. The van der Waals surface area contributed by atoms with E-state index in [0.29, 0.717) is 6.61 Å². The molecule has 0 aromatic rings. The van der Waals surface area contributed by atoms with E-state index in [4.69, 9.17) is 11.3 Å². The Bertz CT molecular complexity index is 149. The van der Waals surface area contributed by atoms with Crippen molar-refractivity contribution >= 4 is 11.8 Å². The van der Waals surface area contributed by atoms with Crippen molar-refractivity contribution in [1.82, 2.24) is 5.48 Å². The van der Waals surface area contributed by atoms with Crippen molar-refractivity contribution < 1.29 is 4.84 Å². The van der Waals surface area contributed by atoms with Crippen LogP contribution in [0.2, 0.25) is 0 Å². The summed E-state index contributed by atoms with van der Waals surface area (Å²) in [5.41, 5.74) is 2.90. The highest BCUT2D eigenvalue weighted by atomic mass is 32.2. The highest BCUT2D eigenvalue weighted by Crippen LogP contribution is 2.21.